The number of amides is 2. The molecule has 0 radical (unpaired) electrons. The van der Waals surface area contributed by atoms with E-state index in [1.54, 1.807) is 6.07 Å². The molecule has 3 aliphatic carbocycles. The van der Waals surface area contributed by atoms with Crippen LogP contribution >= 0.6 is 11.3 Å². The summed E-state index contributed by atoms with van der Waals surface area (Å²) < 4.78 is 13.2. The van der Waals surface area contributed by atoms with Gasteiger partial charge in [0.15, 0.2) is 5.03 Å². The zero-order chi connectivity index (χ0) is 29.7. The molecular weight excluding hydrogens is 547 g/mol. The van der Waals surface area contributed by atoms with Crippen molar-refractivity contribution < 1.29 is 23.9 Å². The Morgan fingerprint density at radius 3 is 2.63 bits per heavy atom. The van der Waals surface area contributed by atoms with Gasteiger partial charge < -0.3 is 19.9 Å². The second-order valence-electron chi connectivity index (χ2n) is 13.2. The van der Waals surface area contributed by atoms with E-state index in [0.717, 1.165) is 22.8 Å². The van der Waals surface area contributed by atoms with Crippen molar-refractivity contribution in [3.63, 3.8) is 0 Å². The molecule has 5 aliphatic rings. The van der Waals surface area contributed by atoms with Gasteiger partial charge in [-0.15, -0.1) is 16.8 Å². The summed E-state index contributed by atoms with van der Waals surface area (Å²) in [5.41, 5.74) is 2.43. The number of thiophene rings is 1. The van der Waals surface area contributed by atoms with Gasteiger partial charge in [0.1, 0.15) is 6.04 Å². The minimum absolute atomic E-state index is 0.00856. The smallest absolute Gasteiger partial charge is 0.404 e. The van der Waals surface area contributed by atoms with Crippen LogP contribution in [-0.2, 0) is 14.1 Å². The highest BCUT2D eigenvalue weighted by Gasteiger charge is 2.68. The minimum Gasteiger partial charge on any atom is -0.404 e. The molecule has 2 saturated heterocycles. The molecule has 5 fully saturated rings. The van der Waals surface area contributed by atoms with Crippen LogP contribution in [0.25, 0.3) is 0 Å². The predicted molar refractivity (Wildman–Crippen MR) is 155 cm³/mol. The fourth-order valence-electron chi connectivity index (χ4n) is 7.07. The summed E-state index contributed by atoms with van der Waals surface area (Å²) >= 11 is 1.38. The SMILES string of the molecule is Cc1ccc(C(=O)N[C@@H](CCCNC2NN2[N+](=O)[O-])C(=O)N[C@@H](CC(C)C)B2O[C@@H]3C[C@@H]4C[C@@H](C4(C)C)[C@]3(C)O2)s1. The summed E-state index contributed by atoms with van der Waals surface area (Å²) in [6.07, 6.45) is 3.15. The van der Waals surface area contributed by atoms with Crippen molar-refractivity contribution in [2.24, 2.45) is 23.2 Å². The number of hydrogen-bond acceptors (Lipinski definition) is 9. The number of nitro groups is 1. The molecule has 2 amide bonds. The predicted octanol–water partition coefficient (Wildman–Crippen LogP) is 2.62. The maximum atomic E-state index is 13.8. The largest absolute Gasteiger partial charge is 0.481 e. The zero-order valence-corrected chi connectivity index (χ0v) is 25.6. The van der Waals surface area contributed by atoms with E-state index >= 15 is 0 Å². The lowest BCUT2D eigenvalue weighted by Crippen LogP contribution is -2.65. The third-order valence-electron chi connectivity index (χ3n) is 9.55. The van der Waals surface area contributed by atoms with E-state index in [1.165, 1.54) is 11.3 Å². The molecule has 6 rings (SSSR count). The Bertz CT molecular complexity index is 1170. The Morgan fingerprint density at radius 2 is 2.02 bits per heavy atom. The number of carbonyl (C=O) groups excluding carboxylic acids is 2. The van der Waals surface area contributed by atoms with Crippen molar-refractivity contribution in [1.82, 2.24) is 26.5 Å². The fourth-order valence-corrected chi connectivity index (χ4v) is 7.84. The monoisotopic (exact) mass is 590 g/mol. The molecule has 2 bridgehead atoms. The first-order valence-corrected chi connectivity index (χ1v) is 15.5. The van der Waals surface area contributed by atoms with Crippen molar-refractivity contribution in [3.8, 4) is 0 Å². The highest BCUT2D eigenvalue weighted by molar-refractivity contribution is 7.13. The summed E-state index contributed by atoms with van der Waals surface area (Å²) in [5, 5.41) is 20.3. The lowest BCUT2D eigenvalue weighted by molar-refractivity contribution is -0.627. The van der Waals surface area contributed by atoms with Gasteiger partial charge >= 0.3 is 7.12 Å². The average molecular weight is 591 g/mol. The second kappa shape index (κ2) is 11.4. The molecule has 3 heterocycles. The van der Waals surface area contributed by atoms with Gasteiger partial charge in [-0.2, -0.15) is 0 Å². The fraction of sp³-hybridized carbons (Fsp3) is 0.778. The lowest BCUT2D eigenvalue weighted by atomic mass is 9.43. The first-order valence-electron chi connectivity index (χ1n) is 14.7. The molecule has 226 valence electrons. The molecule has 1 unspecified atom stereocenters. The van der Waals surface area contributed by atoms with Crippen molar-refractivity contribution in [3.05, 3.63) is 32.0 Å². The van der Waals surface area contributed by atoms with Gasteiger partial charge in [0.25, 0.3) is 5.91 Å². The molecule has 3 saturated carbocycles. The Kier molecular flexibility index (Phi) is 8.43. The number of hydrogen-bond donors (Lipinski definition) is 4. The van der Waals surface area contributed by atoms with E-state index in [0.29, 0.717) is 42.5 Å². The van der Waals surface area contributed by atoms with Gasteiger partial charge in [-0.1, -0.05) is 27.7 Å². The van der Waals surface area contributed by atoms with E-state index in [1.807, 2.05) is 13.0 Å². The number of nitrogens with zero attached hydrogens (tertiary/aromatic N) is 2. The van der Waals surface area contributed by atoms with E-state index < -0.39 is 24.5 Å². The maximum Gasteiger partial charge on any atom is 0.481 e. The number of hydrazine groups is 2. The van der Waals surface area contributed by atoms with Crippen molar-refractivity contribution in [1.29, 1.82) is 0 Å². The first-order chi connectivity index (χ1) is 19.3. The third-order valence-corrected chi connectivity index (χ3v) is 10.6. The number of rotatable bonds is 13. The summed E-state index contributed by atoms with van der Waals surface area (Å²) in [4.78, 5) is 39.2. The first kappa shape index (κ1) is 30.2. The summed E-state index contributed by atoms with van der Waals surface area (Å²) in [6, 6.07) is 2.85. The number of aryl methyl sites for hydroxylation is 1. The van der Waals surface area contributed by atoms with Crippen LogP contribution in [0.2, 0.25) is 0 Å². The van der Waals surface area contributed by atoms with Crippen molar-refractivity contribution >= 4 is 30.3 Å². The van der Waals surface area contributed by atoms with Gasteiger partial charge in [-0.25, -0.2) is 10.1 Å². The van der Waals surface area contributed by atoms with Gasteiger partial charge in [-0.05, 0) is 92.9 Å². The van der Waals surface area contributed by atoms with Crippen LogP contribution in [0.15, 0.2) is 12.1 Å². The average Bonchev–Trinajstić information content (AvgIpc) is 3.39. The molecular formula is C27H43BN6O6S. The van der Waals surface area contributed by atoms with Crippen LogP contribution in [0.4, 0.5) is 0 Å². The quantitative estimate of drug-likeness (QED) is 0.0892. The van der Waals surface area contributed by atoms with Crippen LogP contribution in [0, 0.1) is 40.2 Å². The van der Waals surface area contributed by atoms with Crippen LogP contribution in [0.1, 0.15) is 81.3 Å². The van der Waals surface area contributed by atoms with Crippen molar-refractivity contribution in [2.45, 2.75) is 104 Å². The molecule has 14 heteroatoms. The Hall–Kier alpha value is -2.26. The topological polar surface area (TPSA) is 157 Å². The van der Waals surface area contributed by atoms with Crippen LogP contribution < -0.4 is 21.4 Å². The molecule has 0 aromatic carbocycles. The Morgan fingerprint density at radius 1 is 1.27 bits per heavy atom. The Labute approximate surface area is 245 Å². The Balaban J connectivity index is 1.25. The van der Waals surface area contributed by atoms with Crippen LogP contribution in [0.5, 0.6) is 0 Å². The van der Waals surface area contributed by atoms with E-state index in [4.69, 9.17) is 9.31 Å². The van der Waals surface area contributed by atoms with E-state index in [9.17, 15) is 19.7 Å². The molecule has 12 nitrogen and oxygen atoms in total. The number of carbonyl (C=O) groups is 2. The maximum absolute atomic E-state index is 13.8. The van der Waals surface area contributed by atoms with Crippen LogP contribution in [0.3, 0.4) is 0 Å². The molecule has 1 aromatic rings. The minimum atomic E-state index is -0.786. The van der Waals surface area contributed by atoms with Crippen LogP contribution in [-0.4, -0.2) is 65.6 Å². The highest BCUT2D eigenvalue weighted by atomic mass is 32.1. The second-order valence-corrected chi connectivity index (χ2v) is 14.5. The standard InChI is InChI=1S/C27H43BN6O6S/c1-15(2)12-22(28-39-21-14-17-13-20(26(17,4)5)27(21,6)40-28)31-23(35)18(30-24(36)19-10-9-16(3)41-19)8-7-11-29-25-32-33(25)34(37)38/h9-10,15,17-18,20-22,25,29,32H,7-8,11-14H2,1-6H3,(H,30,36)(H,31,35)/t17-,18-,20-,21+,22-,25?,27-,33?/m0/s1. The lowest BCUT2D eigenvalue weighted by Gasteiger charge is -2.64. The van der Waals surface area contributed by atoms with Gasteiger partial charge in [0.2, 0.25) is 12.2 Å². The van der Waals surface area contributed by atoms with E-state index in [-0.39, 0.29) is 40.8 Å². The molecule has 2 aliphatic heterocycles. The molecule has 41 heavy (non-hydrogen) atoms. The molecule has 7 atom stereocenters. The van der Waals surface area contributed by atoms with E-state index in [2.05, 4.69) is 56.0 Å². The molecule has 1 aromatic heterocycles. The zero-order valence-electron chi connectivity index (χ0n) is 24.8. The normalized spacial score (nSPS) is 30.8. The molecule has 0 spiro atoms. The van der Waals surface area contributed by atoms with Gasteiger partial charge in [-0.3, -0.25) is 14.9 Å². The summed E-state index contributed by atoms with van der Waals surface area (Å²) in [5.74, 6) is 0.383. The third kappa shape index (κ3) is 6.12. The van der Waals surface area contributed by atoms with Gasteiger partial charge in [0.05, 0.1) is 22.5 Å². The van der Waals surface area contributed by atoms with Gasteiger partial charge in [0, 0.05) is 4.88 Å². The van der Waals surface area contributed by atoms with Crippen molar-refractivity contribution in [2.75, 3.05) is 6.54 Å². The summed E-state index contributed by atoms with van der Waals surface area (Å²) in [7, 11) is -0.557. The highest BCUT2D eigenvalue weighted by Crippen LogP contribution is 2.65. The molecule has 4 N–H and O–H groups in total. The summed E-state index contributed by atoms with van der Waals surface area (Å²) in [6.45, 7) is 13.4. The number of nitrogens with one attached hydrogen (secondary N) is 4.